The lowest BCUT2D eigenvalue weighted by Gasteiger charge is -2.07. The van der Waals surface area contributed by atoms with Crippen LogP contribution in [0.25, 0.3) is 0 Å². The van der Waals surface area contributed by atoms with Crippen LogP contribution < -0.4 is 11.2 Å². The first kappa shape index (κ1) is 11.8. The number of rotatable bonds is 2. The summed E-state index contributed by atoms with van der Waals surface area (Å²) in [5, 5.41) is 0. The topological polar surface area (TPSA) is 56.9 Å². The van der Waals surface area contributed by atoms with Crippen molar-refractivity contribution in [1.29, 1.82) is 0 Å². The van der Waals surface area contributed by atoms with Crippen LogP contribution in [0.5, 0.6) is 0 Å². The molecule has 0 fully saturated rings. The fourth-order valence-electron chi connectivity index (χ4n) is 1.63. The standard InChI is InChI=1S/C11H13N3O2S/c1-7-9(8(2)17-12-7)6-14-5-4-10(15)13(3)11(14)16/h4-5H,6H2,1-3H3. The summed E-state index contributed by atoms with van der Waals surface area (Å²) in [5.41, 5.74) is 1.40. The maximum atomic E-state index is 11.8. The molecule has 0 aliphatic carbocycles. The molecule has 90 valence electrons. The Morgan fingerprint density at radius 2 is 2.06 bits per heavy atom. The first-order valence-electron chi connectivity index (χ1n) is 5.19. The van der Waals surface area contributed by atoms with Crippen molar-refractivity contribution in [3.05, 3.63) is 49.2 Å². The Balaban J connectivity index is 2.48. The van der Waals surface area contributed by atoms with Crippen LogP contribution in [-0.2, 0) is 13.6 Å². The van der Waals surface area contributed by atoms with E-state index in [-0.39, 0.29) is 11.2 Å². The number of aryl methyl sites for hydroxylation is 2. The van der Waals surface area contributed by atoms with E-state index >= 15 is 0 Å². The van der Waals surface area contributed by atoms with Crippen LogP contribution in [0.2, 0.25) is 0 Å². The molecule has 2 heterocycles. The van der Waals surface area contributed by atoms with E-state index in [4.69, 9.17) is 0 Å². The molecule has 0 aliphatic rings. The van der Waals surface area contributed by atoms with E-state index in [1.54, 1.807) is 0 Å². The number of hydrogen-bond donors (Lipinski definition) is 0. The van der Waals surface area contributed by atoms with Crippen LogP contribution in [0, 0.1) is 13.8 Å². The molecular formula is C11H13N3O2S. The lowest BCUT2D eigenvalue weighted by atomic mass is 10.2. The van der Waals surface area contributed by atoms with Crippen molar-refractivity contribution in [3.63, 3.8) is 0 Å². The van der Waals surface area contributed by atoms with E-state index in [0.717, 1.165) is 20.7 Å². The predicted octanol–water partition coefficient (Wildman–Crippen LogP) is 0.669. The Labute approximate surface area is 102 Å². The van der Waals surface area contributed by atoms with Gasteiger partial charge in [-0.05, 0) is 25.4 Å². The molecule has 0 unspecified atom stereocenters. The zero-order valence-corrected chi connectivity index (χ0v) is 10.7. The van der Waals surface area contributed by atoms with Gasteiger partial charge in [0.15, 0.2) is 0 Å². The van der Waals surface area contributed by atoms with Crippen molar-refractivity contribution >= 4 is 11.5 Å². The Bertz CT molecular complexity index is 647. The minimum Gasteiger partial charge on any atom is -0.296 e. The van der Waals surface area contributed by atoms with Crippen molar-refractivity contribution in [1.82, 2.24) is 13.5 Å². The maximum Gasteiger partial charge on any atom is 0.331 e. The molecule has 17 heavy (non-hydrogen) atoms. The number of nitrogens with zero attached hydrogens (tertiary/aromatic N) is 3. The van der Waals surface area contributed by atoms with Gasteiger partial charge in [-0.2, -0.15) is 4.37 Å². The van der Waals surface area contributed by atoms with Crippen LogP contribution in [-0.4, -0.2) is 13.5 Å². The van der Waals surface area contributed by atoms with Gasteiger partial charge < -0.3 is 0 Å². The summed E-state index contributed by atoms with van der Waals surface area (Å²) < 4.78 is 6.86. The molecule has 0 bridgehead atoms. The van der Waals surface area contributed by atoms with Crippen molar-refractivity contribution in [2.45, 2.75) is 20.4 Å². The van der Waals surface area contributed by atoms with Gasteiger partial charge in [-0.25, -0.2) is 4.79 Å². The van der Waals surface area contributed by atoms with Crippen molar-refractivity contribution < 1.29 is 0 Å². The zero-order valence-electron chi connectivity index (χ0n) is 9.93. The van der Waals surface area contributed by atoms with Gasteiger partial charge in [0.05, 0.1) is 12.2 Å². The highest BCUT2D eigenvalue weighted by atomic mass is 32.1. The summed E-state index contributed by atoms with van der Waals surface area (Å²) >= 11 is 1.43. The van der Waals surface area contributed by atoms with Gasteiger partial charge in [-0.1, -0.05) is 0 Å². The molecule has 0 aliphatic heterocycles. The first-order chi connectivity index (χ1) is 8.00. The first-order valence-corrected chi connectivity index (χ1v) is 5.96. The summed E-state index contributed by atoms with van der Waals surface area (Å²) in [4.78, 5) is 24.2. The van der Waals surface area contributed by atoms with E-state index in [0.29, 0.717) is 6.54 Å². The third-order valence-electron chi connectivity index (χ3n) is 2.77. The summed E-state index contributed by atoms with van der Waals surface area (Å²) in [6.07, 6.45) is 1.53. The van der Waals surface area contributed by atoms with Gasteiger partial charge in [0.25, 0.3) is 5.56 Å². The molecule has 0 amide bonds. The Kier molecular flexibility index (Phi) is 2.97. The van der Waals surface area contributed by atoms with Gasteiger partial charge in [-0.15, -0.1) is 0 Å². The maximum absolute atomic E-state index is 11.8. The monoisotopic (exact) mass is 251 g/mol. The summed E-state index contributed by atoms with van der Waals surface area (Å²) in [7, 11) is 1.48. The molecule has 0 radical (unpaired) electrons. The average molecular weight is 251 g/mol. The third kappa shape index (κ3) is 2.08. The fraction of sp³-hybridized carbons (Fsp3) is 0.364. The fourth-order valence-corrected chi connectivity index (χ4v) is 2.34. The third-order valence-corrected chi connectivity index (χ3v) is 3.66. The van der Waals surface area contributed by atoms with Crippen LogP contribution in [0.1, 0.15) is 16.1 Å². The Morgan fingerprint density at radius 1 is 1.35 bits per heavy atom. The van der Waals surface area contributed by atoms with Gasteiger partial charge in [-0.3, -0.25) is 13.9 Å². The molecular weight excluding hydrogens is 238 g/mol. The molecule has 2 aromatic heterocycles. The molecule has 5 nitrogen and oxygen atoms in total. The van der Waals surface area contributed by atoms with Crippen LogP contribution in [0.3, 0.4) is 0 Å². The zero-order chi connectivity index (χ0) is 12.6. The molecule has 0 N–H and O–H groups in total. The average Bonchev–Trinajstić information content (AvgIpc) is 2.61. The highest BCUT2D eigenvalue weighted by Gasteiger charge is 2.09. The quantitative estimate of drug-likeness (QED) is 0.788. The molecule has 0 saturated heterocycles. The highest BCUT2D eigenvalue weighted by Crippen LogP contribution is 2.17. The SMILES string of the molecule is Cc1nsc(C)c1Cn1ccc(=O)n(C)c1=O. The second-order valence-corrected chi connectivity index (χ2v) is 4.90. The normalized spacial score (nSPS) is 10.8. The smallest absolute Gasteiger partial charge is 0.296 e. The molecule has 0 saturated carbocycles. The van der Waals surface area contributed by atoms with Crippen LogP contribution in [0.15, 0.2) is 21.9 Å². The van der Waals surface area contributed by atoms with E-state index in [9.17, 15) is 9.59 Å². The minimum atomic E-state index is -0.303. The van der Waals surface area contributed by atoms with Gasteiger partial charge >= 0.3 is 5.69 Å². The van der Waals surface area contributed by atoms with Crippen molar-refractivity contribution in [3.8, 4) is 0 Å². The van der Waals surface area contributed by atoms with Gasteiger partial charge in [0, 0.05) is 29.8 Å². The summed E-state index contributed by atoms with van der Waals surface area (Å²) in [6, 6.07) is 1.39. The number of aromatic nitrogens is 3. The van der Waals surface area contributed by atoms with Crippen molar-refractivity contribution in [2.75, 3.05) is 0 Å². The second-order valence-electron chi connectivity index (χ2n) is 3.93. The molecule has 6 heteroatoms. The summed E-state index contributed by atoms with van der Waals surface area (Å²) in [5.74, 6) is 0. The van der Waals surface area contributed by atoms with E-state index in [1.807, 2.05) is 13.8 Å². The van der Waals surface area contributed by atoms with Crippen molar-refractivity contribution in [2.24, 2.45) is 7.05 Å². The minimum absolute atomic E-state index is 0.289. The molecule has 2 aromatic rings. The predicted molar refractivity (Wildman–Crippen MR) is 66.6 cm³/mol. The van der Waals surface area contributed by atoms with Gasteiger partial charge in [0.2, 0.25) is 0 Å². The highest BCUT2D eigenvalue weighted by molar-refractivity contribution is 7.05. The lowest BCUT2D eigenvalue weighted by molar-refractivity contribution is 0.643. The van der Waals surface area contributed by atoms with E-state index in [1.165, 1.54) is 35.4 Å². The lowest BCUT2D eigenvalue weighted by Crippen LogP contribution is -2.37. The molecule has 0 spiro atoms. The van der Waals surface area contributed by atoms with E-state index in [2.05, 4.69) is 4.37 Å². The van der Waals surface area contributed by atoms with Gasteiger partial charge in [0.1, 0.15) is 0 Å². The van der Waals surface area contributed by atoms with Crippen LogP contribution >= 0.6 is 11.5 Å². The summed E-state index contributed by atoms with van der Waals surface area (Å²) in [6.45, 7) is 4.36. The van der Waals surface area contributed by atoms with E-state index < -0.39 is 0 Å². The Morgan fingerprint density at radius 3 is 2.65 bits per heavy atom. The number of hydrogen-bond acceptors (Lipinski definition) is 4. The largest absolute Gasteiger partial charge is 0.331 e. The molecule has 2 rings (SSSR count). The molecule has 0 atom stereocenters. The molecule has 0 aromatic carbocycles. The Hall–Kier alpha value is -1.69. The second kappa shape index (κ2) is 4.29. The van der Waals surface area contributed by atoms with Crippen LogP contribution in [0.4, 0.5) is 0 Å².